The monoisotopic (exact) mass is 622 g/mol. The molecule has 256 valence electrons. The lowest BCUT2D eigenvalue weighted by Crippen LogP contribution is -2.33. The van der Waals surface area contributed by atoms with Crippen molar-refractivity contribution >= 4 is 5.97 Å². The van der Waals surface area contributed by atoms with Gasteiger partial charge in [0.05, 0.1) is 42.7 Å². The Bertz CT molecular complexity index is 801. The van der Waals surface area contributed by atoms with Gasteiger partial charge in [-0.2, -0.15) is 0 Å². The molecule has 0 radical (unpaired) electrons. The van der Waals surface area contributed by atoms with Crippen molar-refractivity contribution in [2.75, 3.05) is 0 Å². The van der Waals surface area contributed by atoms with E-state index in [1.165, 1.54) is 70.6 Å². The first kappa shape index (κ1) is 37.5. The van der Waals surface area contributed by atoms with Crippen LogP contribution >= 0.6 is 0 Å². The molecule has 2 fully saturated rings. The third kappa shape index (κ3) is 14.2. The minimum Gasteiger partial charge on any atom is -0.455 e. The minimum atomic E-state index is -0.463. The zero-order chi connectivity index (χ0) is 31.6. The van der Waals surface area contributed by atoms with Gasteiger partial charge in [-0.05, 0) is 57.9 Å². The van der Waals surface area contributed by atoms with Crippen molar-refractivity contribution in [1.82, 2.24) is 0 Å². The Kier molecular flexibility index (Phi) is 18.5. The summed E-state index contributed by atoms with van der Waals surface area (Å²) in [5, 5.41) is 31.6. The molecule has 2 saturated heterocycles. The molecule has 44 heavy (non-hydrogen) atoms. The van der Waals surface area contributed by atoms with Crippen LogP contribution in [0.5, 0.6) is 0 Å². The van der Waals surface area contributed by atoms with E-state index in [2.05, 4.69) is 6.92 Å². The third-order valence-electron chi connectivity index (χ3n) is 10.0. The Morgan fingerprint density at radius 3 is 1.52 bits per heavy atom. The summed E-state index contributed by atoms with van der Waals surface area (Å²) in [7, 11) is 0. The van der Waals surface area contributed by atoms with Gasteiger partial charge in [0, 0.05) is 12.0 Å². The molecule has 7 heteroatoms. The standard InChI is InChI=1S/C37H66O7/c1-3-4-5-6-7-11-14-17-20-31(39)33-22-24-35(43-33)36-25-23-34(44-36)32(40)21-18-15-12-9-8-10-13-16-19-30(38)27-29-26-28(2)42-37(29)41/h26,28,30-36,38-40H,3-25,27H2,1-2H3/t28?,30-,31-,32-,33-,34-,35-,36-/m1/s1. The van der Waals surface area contributed by atoms with Crippen LogP contribution in [0, 0.1) is 0 Å². The van der Waals surface area contributed by atoms with Crippen molar-refractivity contribution in [3.63, 3.8) is 0 Å². The third-order valence-corrected chi connectivity index (χ3v) is 10.0. The first-order valence-electron chi connectivity index (χ1n) is 18.6. The normalized spacial score (nSPS) is 27.4. The highest BCUT2D eigenvalue weighted by Crippen LogP contribution is 2.34. The van der Waals surface area contributed by atoms with Gasteiger partial charge < -0.3 is 29.5 Å². The summed E-state index contributed by atoms with van der Waals surface area (Å²) in [6.45, 7) is 4.09. The number of carbonyl (C=O) groups excluding carboxylic acids is 1. The summed E-state index contributed by atoms with van der Waals surface area (Å²) >= 11 is 0. The van der Waals surface area contributed by atoms with E-state index in [1.54, 1.807) is 0 Å². The molecule has 8 atom stereocenters. The second-order valence-corrected chi connectivity index (χ2v) is 14.0. The van der Waals surface area contributed by atoms with E-state index in [0.717, 1.165) is 77.0 Å². The average Bonchev–Trinajstić information content (AvgIpc) is 3.75. The van der Waals surface area contributed by atoms with Gasteiger partial charge in [-0.25, -0.2) is 4.79 Å². The quantitative estimate of drug-likeness (QED) is 0.0703. The molecule has 0 aromatic carbocycles. The van der Waals surface area contributed by atoms with Gasteiger partial charge in [0.15, 0.2) is 0 Å². The minimum absolute atomic E-state index is 0.0519. The van der Waals surface area contributed by atoms with Crippen LogP contribution in [0.3, 0.4) is 0 Å². The number of ether oxygens (including phenoxy) is 3. The molecule has 7 nitrogen and oxygen atoms in total. The van der Waals surface area contributed by atoms with Crippen LogP contribution in [-0.4, -0.2) is 70.1 Å². The van der Waals surface area contributed by atoms with E-state index in [9.17, 15) is 20.1 Å². The van der Waals surface area contributed by atoms with E-state index >= 15 is 0 Å². The molecule has 1 unspecified atom stereocenters. The number of carbonyl (C=O) groups is 1. The number of esters is 1. The molecule has 3 rings (SSSR count). The van der Waals surface area contributed by atoms with Crippen molar-refractivity contribution < 1.29 is 34.3 Å². The van der Waals surface area contributed by atoms with E-state index in [1.807, 2.05) is 13.0 Å². The molecular weight excluding hydrogens is 556 g/mol. The lowest BCUT2D eigenvalue weighted by atomic mass is 10.00. The van der Waals surface area contributed by atoms with Crippen molar-refractivity contribution in [2.24, 2.45) is 0 Å². The second kappa shape index (κ2) is 21.7. The molecule has 0 bridgehead atoms. The number of rotatable bonds is 25. The predicted octanol–water partition coefficient (Wildman–Crippen LogP) is 7.86. The van der Waals surface area contributed by atoms with Crippen molar-refractivity contribution in [1.29, 1.82) is 0 Å². The molecule has 3 heterocycles. The van der Waals surface area contributed by atoms with E-state index in [-0.39, 0.29) is 42.6 Å². The topological polar surface area (TPSA) is 105 Å². The van der Waals surface area contributed by atoms with Crippen molar-refractivity contribution in [3.05, 3.63) is 11.6 Å². The highest BCUT2D eigenvalue weighted by molar-refractivity contribution is 5.90. The molecule has 0 saturated carbocycles. The van der Waals surface area contributed by atoms with Crippen LogP contribution in [0.4, 0.5) is 0 Å². The van der Waals surface area contributed by atoms with Crippen LogP contribution < -0.4 is 0 Å². The predicted molar refractivity (Wildman–Crippen MR) is 175 cm³/mol. The van der Waals surface area contributed by atoms with Crippen LogP contribution in [0.15, 0.2) is 11.6 Å². The fourth-order valence-corrected chi connectivity index (χ4v) is 7.28. The molecule has 3 N–H and O–H groups in total. The number of hydrogen-bond donors (Lipinski definition) is 3. The first-order valence-corrected chi connectivity index (χ1v) is 18.6. The van der Waals surface area contributed by atoms with E-state index in [4.69, 9.17) is 14.2 Å². The smallest absolute Gasteiger partial charge is 0.334 e. The van der Waals surface area contributed by atoms with Crippen LogP contribution in [0.2, 0.25) is 0 Å². The lowest BCUT2D eigenvalue weighted by molar-refractivity contribution is -0.139. The summed E-state index contributed by atoms with van der Waals surface area (Å²) in [4.78, 5) is 11.7. The molecule has 0 aliphatic carbocycles. The number of aliphatic hydroxyl groups is 3. The Morgan fingerprint density at radius 1 is 0.659 bits per heavy atom. The fourth-order valence-electron chi connectivity index (χ4n) is 7.28. The van der Waals surface area contributed by atoms with Gasteiger partial charge in [0.1, 0.15) is 6.10 Å². The Morgan fingerprint density at radius 2 is 1.09 bits per heavy atom. The van der Waals surface area contributed by atoms with Crippen LogP contribution in [0.1, 0.15) is 168 Å². The molecule has 0 aromatic rings. The van der Waals surface area contributed by atoms with Crippen LogP contribution in [0.25, 0.3) is 0 Å². The fraction of sp³-hybridized carbons (Fsp3) is 0.919. The molecule has 0 spiro atoms. The number of unbranched alkanes of at least 4 members (excludes halogenated alkanes) is 14. The summed E-state index contributed by atoms with van der Waals surface area (Å²) in [5.74, 6) is -0.281. The highest BCUT2D eigenvalue weighted by Gasteiger charge is 2.40. The maximum atomic E-state index is 11.7. The average molecular weight is 623 g/mol. The maximum absolute atomic E-state index is 11.7. The van der Waals surface area contributed by atoms with Crippen molar-refractivity contribution in [2.45, 2.75) is 217 Å². The zero-order valence-electron chi connectivity index (χ0n) is 28.1. The number of cyclic esters (lactones) is 1. The van der Waals surface area contributed by atoms with Gasteiger partial charge in [0.25, 0.3) is 0 Å². The summed E-state index contributed by atoms with van der Waals surface area (Å²) in [5.41, 5.74) is 0.617. The SMILES string of the molecule is CCCCCCCCCC[C@@H](O)[C@H]1CC[C@H]([C@H]2CC[C@H]([C@H](O)CCCCCCCCCC[C@@H](O)CC3=CC(C)OC3=O)O2)O1. The molecule has 3 aliphatic heterocycles. The van der Waals surface area contributed by atoms with E-state index < -0.39 is 12.2 Å². The molecular formula is C37H66O7. The lowest BCUT2D eigenvalue weighted by Gasteiger charge is -2.24. The van der Waals surface area contributed by atoms with E-state index in [0.29, 0.717) is 12.0 Å². The summed E-state index contributed by atoms with van der Waals surface area (Å²) in [6.07, 6.45) is 26.1. The van der Waals surface area contributed by atoms with Crippen LogP contribution in [-0.2, 0) is 19.0 Å². The van der Waals surface area contributed by atoms with Gasteiger partial charge in [-0.15, -0.1) is 0 Å². The van der Waals surface area contributed by atoms with Gasteiger partial charge >= 0.3 is 5.97 Å². The van der Waals surface area contributed by atoms with Gasteiger partial charge in [-0.3, -0.25) is 0 Å². The second-order valence-electron chi connectivity index (χ2n) is 14.0. The largest absolute Gasteiger partial charge is 0.455 e. The molecule has 3 aliphatic rings. The molecule has 0 amide bonds. The Labute approximate surface area is 268 Å². The zero-order valence-corrected chi connectivity index (χ0v) is 28.1. The van der Waals surface area contributed by atoms with Gasteiger partial charge in [-0.1, -0.05) is 110 Å². The van der Waals surface area contributed by atoms with Gasteiger partial charge in [0.2, 0.25) is 0 Å². The van der Waals surface area contributed by atoms with Crippen molar-refractivity contribution in [3.8, 4) is 0 Å². The Hall–Kier alpha value is -0.990. The number of aliphatic hydroxyl groups excluding tert-OH is 3. The summed E-state index contributed by atoms with van der Waals surface area (Å²) in [6, 6.07) is 0. The maximum Gasteiger partial charge on any atom is 0.334 e. The first-order chi connectivity index (χ1) is 21.4. The summed E-state index contributed by atoms with van der Waals surface area (Å²) < 4.78 is 17.7. The number of hydrogen-bond acceptors (Lipinski definition) is 7. The molecule has 0 aromatic heterocycles. The Balaban J connectivity index is 1.13. The highest BCUT2D eigenvalue weighted by atomic mass is 16.6.